The van der Waals surface area contributed by atoms with E-state index in [1.807, 2.05) is 26.1 Å². The number of nitrogens with one attached hydrogen (secondary N) is 1. The monoisotopic (exact) mass is 268 g/mol. The van der Waals surface area contributed by atoms with Gasteiger partial charge in [-0.3, -0.25) is 0 Å². The van der Waals surface area contributed by atoms with Crippen molar-refractivity contribution in [2.45, 2.75) is 18.2 Å². The maximum Gasteiger partial charge on any atom is 0.243 e. The van der Waals surface area contributed by atoms with Gasteiger partial charge in [-0.1, -0.05) is 17.7 Å². The summed E-state index contributed by atoms with van der Waals surface area (Å²) in [6.07, 6.45) is 0.936. The molecule has 0 unspecified atom stereocenters. The molecule has 0 amide bonds. The summed E-state index contributed by atoms with van der Waals surface area (Å²) in [5, 5.41) is 3.11. The fourth-order valence-electron chi connectivity index (χ4n) is 2.33. The normalized spacial score (nSPS) is 21.3. The van der Waals surface area contributed by atoms with Gasteiger partial charge < -0.3 is 5.32 Å². The molecule has 1 heterocycles. The van der Waals surface area contributed by atoms with Crippen LogP contribution in [0.3, 0.4) is 0 Å². The van der Waals surface area contributed by atoms with E-state index in [2.05, 4.69) is 5.32 Å². The van der Waals surface area contributed by atoms with Crippen molar-refractivity contribution in [1.29, 1.82) is 0 Å². The number of sulfonamides is 1. The van der Waals surface area contributed by atoms with Crippen LogP contribution in [0.15, 0.2) is 29.2 Å². The molecule has 4 nitrogen and oxygen atoms in total. The number of hydrogen-bond donors (Lipinski definition) is 1. The molecule has 1 saturated heterocycles. The maximum atomic E-state index is 12.4. The minimum atomic E-state index is -3.30. The van der Waals surface area contributed by atoms with Crippen LogP contribution in [0, 0.1) is 12.8 Å². The van der Waals surface area contributed by atoms with Gasteiger partial charge in [-0.25, -0.2) is 8.42 Å². The number of benzene rings is 1. The quantitative estimate of drug-likeness (QED) is 0.893. The van der Waals surface area contributed by atoms with E-state index >= 15 is 0 Å². The van der Waals surface area contributed by atoms with Gasteiger partial charge in [-0.15, -0.1) is 0 Å². The van der Waals surface area contributed by atoms with Crippen molar-refractivity contribution in [3.63, 3.8) is 0 Å². The Bertz CT molecular complexity index is 496. The average molecular weight is 268 g/mol. The number of nitrogens with zero attached hydrogens (tertiary/aromatic N) is 1. The van der Waals surface area contributed by atoms with E-state index < -0.39 is 10.0 Å². The minimum Gasteiger partial charge on any atom is -0.319 e. The standard InChI is InChI=1S/C13H20N2O2S/c1-11-3-5-13(6-4-11)18(16,17)15-8-7-12(10-15)9-14-2/h3-6,12,14H,7-10H2,1-2H3/t12-/m0/s1. The van der Waals surface area contributed by atoms with Gasteiger partial charge >= 0.3 is 0 Å². The van der Waals surface area contributed by atoms with Crippen molar-refractivity contribution in [1.82, 2.24) is 9.62 Å². The summed E-state index contributed by atoms with van der Waals surface area (Å²) in [5.41, 5.74) is 1.07. The highest BCUT2D eigenvalue weighted by atomic mass is 32.2. The topological polar surface area (TPSA) is 49.4 Å². The van der Waals surface area contributed by atoms with E-state index in [0.717, 1.165) is 18.5 Å². The van der Waals surface area contributed by atoms with Gasteiger partial charge in [0.25, 0.3) is 0 Å². The van der Waals surface area contributed by atoms with Crippen molar-refractivity contribution in [3.05, 3.63) is 29.8 Å². The molecule has 1 N–H and O–H groups in total. The van der Waals surface area contributed by atoms with Gasteiger partial charge in [0.1, 0.15) is 0 Å². The summed E-state index contributed by atoms with van der Waals surface area (Å²) in [4.78, 5) is 0.401. The molecule has 1 aliphatic rings. The largest absolute Gasteiger partial charge is 0.319 e. The maximum absolute atomic E-state index is 12.4. The van der Waals surface area contributed by atoms with Crippen molar-refractivity contribution in [3.8, 4) is 0 Å². The highest BCUT2D eigenvalue weighted by Gasteiger charge is 2.31. The predicted molar refractivity (Wildman–Crippen MR) is 72.0 cm³/mol. The second-order valence-corrected chi connectivity index (χ2v) is 6.83. The molecule has 0 radical (unpaired) electrons. The molecule has 1 fully saturated rings. The van der Waals surface area contributed by atoms with Crippen LogP contribution in [-0.4, -0.2) is 39.4 Å². The highest BCUT2D eigenvalue weighted by molar-refractivity contribution is 7.89. The van der Waals surface area contributed by atoms with E-state index in [1.54, 1.807) is 16.4 Å². The molecule has 1 aromatic rings. The second-order valence-electron chi connectivity index (χ2n) is 4.89. The average Bonchev–Trinajstić information content (AvgIpc) is 2.79. The van der Waals surface area contributed by atoms with Crippen LogP contribution >= 0.6 is 0 Å². The summed E-state index contributed by atoms with van der Waals surface area (Å²) in [5.74, 6) is 0.426. The summed E-state index contributed by atoms with van der Waals surface area (Å²) >= 11 is 0. The Labute approximate surface area is 109 Å². The molecular formula is C13H20N2O2S. The SMILES string of the molecule is CNC[C@@H]1CCN(S(=O)(=O)c2ccc(C)cc2)C1. The number of hydrogen-bond acceptors (Lipinski definition) is 3. The smallest absolute Gasteiger partial charge is 0.243 e. The fourth-order valence-corrected chi connectivity index (χ4v) is 3.86. The van der Waals surface area contributed by atoms with E-state index in [9.17, 15) is 8.42 Å². The van der Waals surface area contributed by atoms with Crippen molar-refractivity contribution in [2.24, 2.45) is 5.92 Å². The van der Waals surface area contributed by atoms with E-state index in [0.29, 0.717) is 23.9 Å². The highest BCUT2D eigenvalue weighted by Crippen LogP contribution is 2.24. The van der Waals surface area contributed by atoms with Crippen molar-refractivity contribution < 1.29 is 8.42 Å². The first-order chi connectivity index (χ1) is 8.54. The van der Waals surface area contributed by atoms with Crippen LogP contribution in [0.25, 0.3) is 0 Å². The molecule has 5 heteroatoms. The molecule has 0 spiro atoms. The van der Waals surface area contributed by atoms with E-state index in [4.69, 9.17) is 0 Å². The molecular weight excluding hydrogens is 248 g/mol. The number of rotatable bonds is 4. The van der Waals surface area contributed by atoms with Gasteiger partial charge in [0.05, 0.1) is 4.90 Å². The van der Waals surface area contributed by atoms with Gasteiger partial charge in [0.2, 0.25) is 10.0 Å². The van der Waals surface area contributed by atoms with Crippen LogP contribution < -0.4 is 5.32 Å². The lowest BCUT2D eigenvalue weighted by molar-refractivity contribution is 0.451. The van der Waals surface area contributed by atoms with Gasteiger partial charge in [-0.05, 0) is 45.0 Å². The molecule has 1 atom stereocenters. The predicted octanol–water partition coefficient (Wildman–Crippen LogP) is 1.23. The zero-order chi connectivity index (χ0) is 13.2. The third-order valence-corrected chi connectivity index (χ3v) is 5.28. The summed E-state index contributed by atoms with van der Waals surface area (Å²) in [6, 6.07) is 7.06. The lowest BCUT2D eigenvalue weighted by atomic mass is 10.1. The first kappa shape index (κ1) is 13.5. The lowest BCUT2D eigenvalue weighted by Gasteiger charge is -2.16. The third-order valence-electron chi connectivity index (χ3n) is 3.40. The van der Waals surface area contributed by atoms with Crippen LogP contribution in [0.4, 0.5) is 0 Å². The van der Waals surface area contributed by atoms with Crippen molar-refractivity contribution in [2.75, 3.05) is 26.7 Å². The Hall–Kier alpha value is -0.910. The van der Waals surface area contributed by atoms with Crippen LogP contribution in [0.5, 0.6) is 0 Å². The fraction of sp³-hybridized carbons (Fsp3) is 0.538. The molecule has 100 valence electrons. The Morgan fingerprint density at radius 3 is 2.61 bits per heavy atom. The Kier molecular flexibility index (Phi) is 4.04. The molecule has 1 aliphatic heterocycles. The Morgan fingerprint density at radius 1 is 1.33 bits per heavy atom. The zero-order valence-corrected chi connectivity index (χ0v) is 11.7. The van der Waals surface area contributed by atoms with Gasteiger partial charge in [0.15, 0.2) is 0 Å². The lowest BCUT2D eigenvalue weighted by Crippen LogP contribution is -2.30. The molecule has 1 aromatic carbocycles. The summed E-state index contributed by atoms with van der Waals surface area (Å²) in [7, 11) is -1.40. The van der Waals surface area contributed by atoms with Gasteiger partial charge in [0, 0.05) is 13.1 Å². The van der Waals surface area contributed by atoms with Crippen LogP contribution in [0.2, 0.25) is 0 Å². The first-order valence-electron chi connectivity index (χ1n) is 6.25. The molecule has 0 aliphatic carbocycles. The van der Waals surface area contributed by atoms with Crippen molar-refractivity contribution >= 4 is 10.0 Å². The molecule has 0 aromatic heterocycles. The third kappa shape index (κ3) is 2.74. The Morgan fingerprint density at radius 2 is 2.00 bits per heavy atom. The summed E-state index contributed by atoms with van der Waals surface area (Å²) in [6.45, 7) is 4.08. The molecule has 2 rings (SSSR count). The number of aryl methyl sites for hydroxylation is 1. The molecule has 18 heavy (non-hydrogen) atoms. The van der Waals surface area contributed by atoms with Crippen LogP contribution in [-0.2, 0) is 10.0 Å². The Balaban J connectivity index is 2.15. The molecule has 0 saturated carbocycles. The molecule has 0 bridgehead atoms. The van der Waals surface area contributed by atoms with Crippen LogP contribution in [0.1, 0.15) is 12.0 Å². The zero-order valence-electron chi connectivity index (χ0n) is 10.9. The van der Waals surface area contributed by atoms with E-state index in [-0.39, 0.29) is 0 Å². The second kappa shape index (κ2) is 5.38. The first-order valence-corrected chi connectivity index (χ1v) is 7.69. The van der Waals surface area contributed by atoms with E-state index in [1.165, 1.54) is 0 Å². The summed E-state index contributed by atoms with van der Waals surface area (Å²) < 4.78 is 26.4. The minimum absolute atomic E-state index is 0.401. The van der Waals surface area contributed by atoms with Gasteiger partial charge in [-0.2, -0.15) is 4.31 Å².